The molecule has 6 nitrogen and oxygen atoms in total. The number of hydrogen-bond donors (Lipinski definition) is 1. The summed E-state index contributed by atoms with van der Waals surface area (Å²) < 4.78 is 7.13. The molecule has 0 saturated carbocycles. The quantitative estimate of drug-likeness (QED) is 0.637. The van der Waals surface area contributed by atoms with Gasteiger partial charge in [-0.05, 0) is 29.8 Å². The standard InChI is InChI=1S/C19H21N5OS2/c1-24(2)15-5-3-13(4-6-15)17-21-11-16(25-17)12-26-19-23-22-18(27-19)14-7-9-20-10-8-14/h3-10,16-17,21H,11-12H2,1-2H3. The zero-order chi connectivity index (χ0) is 18.6. The van der Waals surface area contributed by atoms with Crippen LogP contribution in [0.3, 0.4) is 0 Å². The van der Waals surface area contributed by atoms with Crippen molar-refractivity contribution in [2.24, 2.45) is 0 Å². The summed E-state index contributed by atoms with van der Waals surface area (Å²) in [5.74, 6) is 0.851. The van der Waals surface area contributed by atoms with Gasteiger partial charge in [-0.3, -0.25) is 10.3 Å². The van der Waals surface area contributed by atoms with E-state index in [1.54, 1.807) is 35.5 Å². The van der Waals surface area contributed by atoms with E-state index in [4.69, 9.17) is 4.74 Å². The van der Waals surface area contributed by atoms with Crippen molar-refractivity contribution in [1.29, 1.82) is 0 Å². The molecule has 0 radical (unpaired) electrons. The van der Waals surface area contributed by atoms with E-state index in [9.17, 15) is 0 Å². The number of anilines is 1. The first kappa shape index (κ1) is 18.4. The molecule has 2 unspecified atom stereocenters. The fraction of sp³-hybridized carbons (Fsp3) is 0.316. The van der Waals surface area contributed by atoms with Gasteiger partial charge in [-0.2, -0.15) is 0 Å². The Labute approximate surface area is 167 Å². The molecule has 27 heavy (non-hydrogen) atoms. The molecular formula is C19H21N5OS2. The lowest BCUT2D eigenvalue weighted by Crippen LogP contribution is -2.16. The van der Waals surface area contributed by atoms with Gasteiger partial charge in [-0.15, -0.1) is 10.2 Å². The Kier molecular flexibility index (Phi) is 5.68. The monoisotopic (exact) mass is 399 g/mol. The molecule has 2 aromatic heterocycles. The summed E-state index contributed by atoms with van der Waals surface area (Å²) in [5, 5.41) is 12.9. The summed E-state index contributed by atoms with van der Waals surface area (Å²) in [5.41, 5.74) is 3.39. The second kappa shape index (κ2) is 8.35. The number of nitrogens with zero attached hydrogens (tertiary/aromatic N) is 4. The van der Waals surface area contributed by atoms with Crippen molar-refractivity contribution < 1.29 is 4.74 Å². The minimum atomic E-state index is -0.0476. The van der Waals surface area contributed by atoms with Crippen molar-refractivity contribution in [3.05, 3.63) is 54.4 Å². The maximum atomic E-state index is 6.16. The highest BCUT2D eigenvalue weighted by atomic mass is 32.2. The Bertz CT molecular complexity index is 869. The maximum Gasteiger partial charge on any atom is 0.174 e. The number of nitrogens with one attached hydrogen (secondary N) is 1. The van der Waals surface area contributed by atoms with Gasteiger partial charge in [0.2, 0.25) is 0 Å². The van der Waals surface area contributed by atoms with Crippen LogP contribution in [-0.4, -0.2) is 47.7 Å². The minimum absolute atomic E-state index is 0.0476. The lowest BCUT2D eigenvalue weighted by molar-refractivity contribution is 0.0535. The Morgan fingerprint density at radius 1 is 1.15 bits per heavy atom. The summed E-state index contributed by atoms with van der Waals surface area (Å²) >= 11 is 3.30. The highest BCUT2D eigenvalue weighted by Gasteiger charge is 2.26. The minimum Gasteiger partial charge on any atom is -0.378 e. The SMILES string of the molecule is CN(C)c1ccc(C2NCC(CSc3nnc(-c4ccncc4)s3)O2)cc1. The van der Waals surface area contributed by atoms with Crippen LogP contribution in [0.25, 0.3) is 10.6 Å². The highest BCUT2D eigenvalue weighted by molar-refractivity contribution is 8.01. The van der Waals surface area contributed by atoms with E-state index in [0.29, 0.717) is 0 Å². The Hall–Kier alpha value is -2.00. The van der Waals surface area contributed by atoms with Crippen molar-refractivity contribution >= 4 is 28.8 Å². The van der Waals surface area contributed by atoms with E-state index in [0.717, 1.165) is 32.8 Å². The van der Waals surface area contributed by atoms with Crippen LogP contribution in [-0.2, 0) is 4.74 Å². The van der Waals surface area contributed by atoms with Crippen molar-refractivity contribution in [2.75, 3.05) is 31.3 Å². The molecule has 1 N–H and O–H groups in total. The molecule has 1 fully saturated rings. The van der Waals surface area contributed by atoms with Crippen LogP contribution in [0.1, 0.15) is 11.8 Å². The zero-order valence-electron chi connectivity index (χ0n) is 15.2. The number of benzene rings is 1. The molecule has 1 aliphatic heterocycles. The molecule has 0 amide bonds. The number of hydrogen-bond acceptors (Lipinski definition) is 8. The van der Waals surface area contributed by atoms with Crippen LogP contribution in [0.15, 0.2) is 53.1 Å². The molecule has 0 spiro atoms. The van der Waals surface area contributed by atoms with Crippen molar-refractivity contribution in [3.63, 3.8) is 0 Å². The normalized spacial score (nSPS) is 19.3. The molecule has 0 aliphatic carbocycles. The lowest BCUT2D eigenvalue weighted by atomic mass is 10.2. The summed E-state index contributed by atoms with van der Waals surface area (Å²) in [4.78, 5) is 6.13. The third-order valence-corrected chi connectivity index (χ3v) is 6.54. The van der Waals surface area contributed by atoms with E-state index >= 15 is 0 Å². The first-order valence-corrected chi connectivity index (χ1v) is 10.5. The van der Waals surface area contributed by atoms with E-state index in [2.05, 4.69) is 49.7 Å². The van der Waals surface area contributed by atoms with Crippen LogP contribution >= 0.6 is 23.1 Å². The van der Waals surface area contributed by atoms with Gasteiger partial charge in [0.1, 0.15) is 11.2 Å². The third-order valence-electron chi connectivity index (χ3n) is 4.30. The fourth-order valence-electron chi connectivity index (χ4n) is 2.81. The van der Waals surface area contributed by atoms with Crippen molar-refractivity contribution in [3.8, 4) is 10.6 Å². The Morgan fingerprint density at radius 2 is 1.93 bits per heavy atom. The van der Waals surface area contributed by atoms with Crippen molar-refractivity contribution in [2.45, 2.75) is 16.7 Å². The van der Waals surface area contributed by atoms with Crippen LogP contribution < -0.4 is 10.2 Å². The van der Waals surface area contributed by atoms with Crippen molar-refractivity contribution in [1.82, 2.24) is 20.5 Å². The number of aromatic nitrogens is 3. The van der Waals surface area contributed by atoms with Crippen LogP contribution in [0.2, 0.25) is 0 Å². The molecule has 1 aromatic carbocycles. The zero-order valence-corrected chi connectivity index (χ0v) is 16.8. The lowest BCUT2D eigenvalue weighted by Gasteiger charge is -2.16. The third kappa shape index (κ3) is 4.47. The van der Waals surface area contributed by atoms with Gasteiger partial charge in [0.25, 0.3) is 0 Å². The molecule has 140 valence electrons. The smallest absolute Gasteiger partial charge is 0.174 e. The van der Waals surface area contributed by atoms with E-state index in [1.165, 1.54) is 5.69 Å². The topological polar surface area (TPSA) is 63.2 Å². The number of pyridine rings is 1. The molecule has 3 aromatic rings. The molecule has 1 aliphatic rings. The van der Waals surface area contributed by atoms with Gasteiger partial charge in [0.15, 0.2) is 4.34 Å². The average Bonchev–Trinajstić information content (AvgIpc) is 3.37. The van der Waals surface area contributed by atoms with E-state index in [-0.39, 0.29) is 12.3 Å². The first-order chi connectivity index (χ1) is 13.2. The molecule has 2 atom stereocenters. The summed E-state index contributed by atoms with van der Waals surface area (Å²) in [6, 6.07) is 12.4. The van der Waals surface area contributed by atoms with Crippen LogP contribution in [0, 0.1) is 0 Å². The predicted molar refractivity (Wildman–Crippen MR) is 110 cm³/mol. The Morgan fingerprint density at radius 3 is 2.67 bits per heavy atom. The highest BCUT2D eigenvalue weighted by Crippen LogP contribution is 2.31. The average molecular weight is 400 g/mol. The number of ether oxygens (including phenoxy) is 1. The maximum absolute atomic E-state index is 6.16. The predicted octanol–water partition coefficient (Wildman–Crippen LogP) is 3.45. The van der Waals surface area contributed by atoms with Crippen LogP contribution in [0.4, 0.5) is 5.69 Å². The summed E-state index contributed by atoms with van der Waals surface area (Å²) in [7, 11) is 4.08. The summed E-state index contributed by atoms with van der Waals surface area (Å²) in [6.45, 7) is 0.836. The molecule has 0 bridgehead atoms. The van der Waals surface area contributed by atoms with Gasteiger partial charge >= 0.3 is 0 Å². The van der Waals surface area contributed by atoms with Gasteiger partial charge in [-0.1, -0.05) is 35.2 Å². The largest absolute Gasteiger partial charge is 0.378 e. The van der Waals surface area contributed by atoms with E-state index < -0.39 is 0 Å². The second-order valence-corrected chi connectivity index (χ2v) is 8.70. The second-order valence-electron chi connectivity index (χ2n) is 6.45. The van der Waals surface area contributed by atoms with E-state index in [1.807, 2.05) is 26.2 Å². The van der Waals surface area contributed by atoms with Gasteiger partial charge in [0.05, 0.1) is 6.10 Å². The van der Waals surface area contributed by atoms with Gasteiger partial charge < -0.3 is 9.64 Å². The number of thioether (sulfide) groups is 1. The summed E-state index contributed by atoms with van der Waals surface area (Å²) in [6.07, 6.45) is 3.65. The molecule has 3 heterocycles. The fourth-order valence-corrected chi connectivity index (χ4v) is 4.70. The number of rotatable bonds is 6. The van der Waals surface area contributed by atoms with Crippen LogP contribution in [0.5, 0.6) is 0 Å². The molecule has 1 saturated heterocycles. The van der Waals surface area contributed by atoms with Gasteiger partial charge in [-0.25, -0.2) is 0 Å². The first-order valence-electron chi connectivity index (χ1n) is 8.72. The molecule has 8 heteroatoms. The Balaban J connectivity index is 1.31. The van der Waals surface area contributed by atoms with Gasteiger partial charge in [0, 0.05) is 50.0 Å². The molecule has 4 rings (SSSR count). The molecular weight excluding hydrogens is 378 g/mol.